The highest BCUT2D eigenvalue weighted by molar-refractivity contribution is 6.03. The van der Waals surface area contributed by atoms with Crippen molar-refractivity contribution in [3.8, 4) is 0 Å². The zero-order chi connectivity index (χ0) is 15.5. The fraction of sp³-hybridized carbons (Fsp3) is 0.625. The van der Waals surface area contributed by atoms with Crippen molar-refractivity contribution in [2.24, 2.45) is 11.3 Å². The molecule has 0 heterocycles. The number of ketones is 1. The fourth-order valence-corrected chi connectivity index (χ4v) is 1.97. The Morgan fingerprint density at radius 3 is 2.40 bits per heavy atom. The Morgan fingerprint density at radius 1 is 1.35 bits per heavy atom. The summed E-state index contributed by atoms with van der Waals surface area (Å²) in [6, 6.07) is 0. The number of allylic oxidation sites excluding steroid dienone is 3. The lowest BCUT2D eigenvalue weighted by atomic mass is 9.86. The van der Waals surface area contributed by atoms with Crippen LogP contribution in [-0.4, -0.2) is 25.5 Å². The van der Waals surface area contributed by atoms with E-state index in [0.717, 1.165) is 5.57 Å². The molecule has 1 unspecified atom stereocenters. The largest absolute Gasteiger partial charge is 0.426 e. The third-order valence-corrected chi connectivity index (χ3v) is 3.13. The summed E-state index contributed by atoms with van der Waals surface area (Å²) in [5.41, 5.74) is 0.764. The predicted molar refractivity (Wildman–Crippen MR) is 77.0 cm³/mol. The number of esters is 1. The molecule has 20 heavy (non-hydrogen) atoms. The van der Waals surface area contributed by atoms with Crippen LogP contribution in [-0.2, 0) is 19.1 Å². The van der Waals surface area contributed by atoms with Gasteiger partial charge in [-0.15, -0.1) is 0 Å². The molecule has 0 aromatic heterocycles. The van der Waals surface area contributed by atoms with Crippen LogP contribution in [0.5, 0.6) is 0 Å². The molecule has 0 aromatic rings. The van der Waals surface area contributed by atoms with Gasteiger partial charge in [0.15, 0.2) is 5.78 Å². The fourth-order valence-electron chi connectivity index (χ4n) is 1.97. The van der Waals surface area contributed by atoms with Gasteiger partial charge < -0.3 is 9.47 Å². The third kappa shape index (κ3) is 3.79. The van der Waals surface area contributed by atoms with Crippen LogP contribution in [0, 0.1) is 11.3 Å². The Labute approximate surface area is 120 Å². The standard InChI is InChI=1S/C16H24O4/c1-10(2)13-12(20-15(18)16(3,4)5)8-7-11(9-19-6)14(13)17/h8,11H,7,9H2,1-6H3. The van der Waals surface area contributed by atoms with E-state index >= 15 is 0 Å². The first-order valence-corrected chi connectivity index (χ1v) is 6.82. The van der Waals surface area contributed by atoms with Gasteiger partial charge in [-0.05, 0) is 47.1 Å². The zero-order valence-corrected chi connectivity index (χ0v) is 13.2. The average molecular weight is 280 g/mol. The number of methoxy groups -OCH3 is 1. The Bertz CT molecular complexity index is 459. The highest BCUT2D eigenvalue weighted by Gasteiger charge is 2.33. The van der Waals surface area contributed by atoms with E-state index < -0.39 is 5.41 Å². The third-order valence-electron chi connectivity index (χ3n) is 3.13. The van der Waals surface area contributed by atoms with Crippen molar-refractivity contribution in [2.75, 3.05) is 13.7 Å². The van der Waals surface area contributed by atoms with E-state index in [9.17, 15) is 9.59 Å². The van der Waals surface area contributed by atoms with Crippen molar-refractivity contribution in [3.63, 3.8) is 0 Å². The molecule has 1 rings (SSSR count). The molecule has 4 nitrogen and oxygen atoms in total. The van der Waals surface area contributed by atoms with E-state index in [1.807, 2.05) is 19.9 Å². The number of hydrogen-bond donors (Lipinski definition) is 0. The number of carbonyl (C=O) groups is 2. The highest BCUT2D eigenvalue weighted by Crippen LogP contribution is 2.30. The smallest absolute Gasteiger partial charge is 0.316 e. The minimum Gasteiger partial charge on any atom is -0.426 e. The average Bonchev–Trinajstić information content (AvgIpc) is 2.31. The van der Waals surface area contributed by atoms with Gasteiger partial charge in [0.1, 0.15) is 5.76 Å². The molecule has 4 heteroatoms. The van der Waals surface area contributed by atoms with Crippen molar-refractivity contribution in [3.05, 3.63) is 23.0 Å². The molecule has 0 N–H and O–H groups in total. The molecule has 0 saturated heterocycles. The molecule has 0 aromatic carbocycles. The van der Waals surface area contributed by atoms with Gasteiger partial charge in [-0.1, -0.05) is 5.57 Å². The van der Waals surface area contributed by atoms with Crippen LogP contribution < -0.4 is 0 Å². The van der Waals surface area contributed by atoms with Crippen LogP contribution in [0.15, 0.2) is 23.0 Å². The second-order valence-corrected chi connectivity index (χ2v) is 6.34. The van der Waals surface area contributed by atoms with E-state index in [1.165, 1.54) is 0 Å². The summed E-state index contributed by atoms with van der Waals surface area (Å²) in [7, 11) is 1.58. The van der Waals surface area contributed by atoms with Crippen LogP contribution >= 0.6 is 0 Å². The van der Waals surface area contributed by atoms with Crippen LogP contribution in [0.1, 0.15) is 41.0 Å². The van der Waals surface area contributed by atoms with Gasteiger partial charge in [-0.3, -0.25) is 9.59 Å². The number of rotatable bonds is 3. The lowest BCUT2D eigenvalue weighted by molar-refractivity contribution is -0.148. The minimum atomic E-state index is -0.597. The lowest BCUT2D eigenvalue weighted by Crippen LogP contribution is -2.30. The van der Waals surface area contributed by atoms with Gasteiger partial charge in [-0.25, -0.2) is 0 Å². The Hall–Kier alpha value is -1.42. The zero-order valence-electron chi connectivity index (χ0n) is 13.2. The van der Waals surface area contributed by atoms with Gasteiger partial charge in [0.2, 0.25) is 0 Å². The molecule has 0 aliphatic heterocycles. The summed E-state index contributed by atoms with van der Waals surface area (Å²) in [5, 5.41) is 0. The number of hydrogen-bond acceptors (Lipinski definition) is 4. The number of carbonyl (C=O) groups excluding carboxylic acids is 2. The van der Waals surface area contributed by atoms with Gasteiger partial charge in [0.25, 0.3) is 0 Å². The molecule has 112 valence electrons. The first-order valence-electron chi connectivity index (χ1n) is 6.82. The van der Waals surface area contributed by atoms with Gasteiger partial charge in [0.05, 0.1) is 17.6 Å². The van der Waals surface area contributed by atoms with Crippen molar-refractivity contribution < 1.29 is 19.1 Å². The van der Waals surface area contributed by atoms with E-state index in [2.05, 4.69) is 0 Å². The number of Topliss-reactive ketones (excluding diaryl/α,β-unsaturated/α-hetero) is 1. The molecule has 0 bridgehead atoms. The summed E-state index contributed by atoms with van der Waals surface area (Å²) in [5.74, 6) is -0.143. The molecular formula is C16H24O4. The lowest BCUT2D eigenvalue weighted by Gasteiger charge is -2.25. The summed E-state index contributed by atoms with van der Waals surface area (Å²) in [4.78, 5) is 24.4. The van der Waals surface area contributed by atoms with Gasteiger partial charge >= 0.3 is 5.97 Å². The second kappa shape index (κ2) is 6.35. The SMILES string of the molecule is COCC1CC=C(OC(=O)C(C)(C)C)C(=C(C)C)C1=O. The van der Waals surface area contributed by atoms with Crippen molar-refractivity contribution in [2.45, 2.75) is 41.0 Å². The van der Waals surface area contributed by atoms with E-state index in [1.54, 1.807) is 27.9 Å². The summed E-state index contributed by atoms with van der Waals surface area (Å²) < 4.78 is 10.5. The first kappa shape index (κ1) is 16.6. The highest BCUT2D eigenvalue weighted by atomic mass is 16.5. The Morgan fingerprint density at radius 2 is 1.95 bits per heavy atom. The maximum absolute atomic E-state index is 12.4. The molecule has 0 saturated carbocycles. The maximum Gasteiger partial charge on any atom is 0.316 e. The monoisotopic (exact) mass is 280 g/mol. The Balaban J connectivity index is 3.04. The van der Waals surface area contributed by atoms with Gasteiger partial charge in [0, 0.05) is 13.0 Å². The predicted octanol–water partition coefficient (Wildman–Crippen LogP) is 3.03. The van der Waals surface area contributed by atoms with Crippen LogP contribution in [0.4, 0.5) is 0 Å². The topological polar surface area (TPSA) is 52.6 Å². The molecule has 0 amide bonds. The van der Waals surface area contributed by atoms with Crippen LogP contribution in [0.3, 0.4) is 0 Å². The van der Waals surface area contributed by atoms with Crippen LogP contribution in [0.2, 0.25) is 0 Å². The maximum atomic E-state index is 12.4. The van der Waals surface area contributed by atoms with Crippen molar-refractivity contribution >= 4 is 11.8 Å². The summed E-state index contributed by atoms with van der Waals surface area (Å²) in [6.07, 6.45) is 2.35. The summed E-state index contributed by atoms with van der Waals surface area (Å²) in [6.45, 7) is 9.44. The minimum absolute atomic E-state index is 0.00828. The van der Waals surface area contributed by atoms with E-state index in [-0.39, 0.29) is 17.7 Å². The molecule has 1 atom stereocenters. The molecule has 1 aliphatic carbocycles. The van der Waals surface area contributed by atoms with E-state index in [0.29, 0.717) is 24.4 Å². The second-order valence-electron chi connectivity index (χ2n) is 6.34. The molecular weight excluding hydrogens is 256 g/mol. The molecule has 1 aliphatic rings. The van der Waals surface area contributed by atoms with Gasteiger partial charge in [-0.2, -0.15) is 0 Å². The van der Waals surface area contributed by atoms with E-state index in [4.69, 9.17) is 9.47 Å². The molecule has 0 fully saturated rings. The summed E-state index contributed by atoms with van der Waals surface area (Å²) >= 11 is 0. The van der Waals surface area contributed by atoms with Crippen molar-refractivity contribution in [1.29, 1.82) is 0 Å². The van der Waals surface area contributed by atoms with Crippen molar-refractivity contribution in [1.82, 2.24) is 0 Å². The number of ether oxygens (including phenoxy) is 2. The first-order chi connectivity index (χ1) is 9.18. The Kier molecular flexibility index (Phi) is 5.28. The normalized spacial score (nSPS) is 19.7. The van der Waals surface area contributed by atoms with Crippen LogP contribution in [0.25, 0.3) is 0 Å². The molecule has 0 spiro atoms. The molecule has 0 radical (unpaired) electrons. The quantitative estimate of drug-likeness (QED) is 0.589.